The smallest absolute Gasteiger partial charge is 0.232 e. The molecule has 1 aromatic carbocycles. The third-order valence-electron chi connectivity index (χ3n) is 4.07. The van der Waals surface area contributed by atoms with Gasteiger partial charge in [-0.25, -0.2) is 4.39 Å². The fourth-order valence-electron chi connectivity index (χ4n) is 2.69. The van der Waals surface area contributed by atoms with Crippen LogP contribution in [0.25, 0.3) is 0 Å². The molecule has 3 aromatic rings. The van der Waals surface area contributed by atoms with Crippen molar-refractivity contribution in [3.63, 3.8) is 0 Å². The van der Waals surface area contributed by atoms with Crippen molar-refractivity contribution < 1.29 is 4.39 Å². The molecule has 1 atom stereocenters. The van der Waals surface area contributed by atoms with Gasteiger partial charge < -0.3 is 16.4 Å². The molecule has 0 radical (unpaired) electrons. The minimum Gasteiger partial charge on any atom is -0.368 e. The molecule has 4 N–H and O–H groups in total. The van der Waals surface area contributed by atoms with E-state index >= 15 is 0 Å². The highest BCUT2D eigenvalue weighted by Crippen LogP contribution is 2.25. The standard InChI is InChI=1S/C18H20FN7/c1-12(13-5-7-14(19)8-6-13)26(11-9-15-4-2-3-10-22-15)18-24-16(20)23-17(21)25-18/h2-8,10,12H,9,11H2,1H3,(H4,20,21,23,24,25)/t12-/m0/s1. The lowest BCUT2D eigenvalue weighted by atomic mass is 10.1. The van der Waals surface area contributed by atoms with Crippen molar-refractivity contribution >= 4 is 17.8 Å². The van der Waals surface area contributed by atoms with Gasteiger partial charge in [-0.1, -0.05) is 18.2 Å². The van der Waals surface area contributed by atoms with Crippen LogP contribution >= 0.6 is 0 Å². The summed E-state index contributed by atoms with van der Waals surface area (Å²) in [6.45, 7) is 2.57. The third-order valence-corrected chi connectivity index (χ3v) is 4.07. The second kappa shape index (κ2) is 7.73. The first kappa shape index (κ1) is 17.5. The summed E-state index contributed by atoms with van der Waals surface area (Å²) >= 11 is 0. The summed E-state index contributed by atoms with van der Waals surface area (Å²) in [5.74, 6) is 0.209. The normalized spacial score (nSPS) is 11.9. The highest BCUT2D eigenvalue weighted by atomic mass is 19.1. The van der Waals surface area contributed by atoms with E-state index in [-0.39, 0.29) is 23.8 Å². The third kappa shape index (κ3) is 4.21. The molecule has 0 bridgehead atoms. The van der Waals surface area contributed by atoms with E-state index in [1.54, 1.807) is 18.3 Å². The lowest BCUT2D eigenvalue weighted by molar-refractivity contribution is 0.618. The Labute approximate surface area is 150 Å². The van der Waals surface area contributed by atoms with Gasteiger partial charge in [0, 0.05) is 24.9 Å². The number of rotatable bonds is 6. The first-order valence-electron chi connectivity index (χ1n) is 8.22. The van der Waals surface area contributed by atoms with Crippen LogP contribution in [0.2, 0.25) is 0 Å². The molecule has 0 saturated heterocycles. The van der Waals surface area contributed by atoms with Crippen LogP contribution in [0.4, 0.5) is 22.2 Å². The quantitative estimate of drug-likeness (QED) is 0.700. The van der Waals surface area contributed by atoms with Crippen molar-refractivity contribution in [1.29, 1.82) is 0 Å². The summed E-state index contributed by atoms with van der Waals surface area (Å²) in [7, 11) is 0. The van der Waals surface area contributed by atoms with Gasteiger partial charge in [0.15, 0.2) is 0 Å². The molecule has 26 heavy (non-hydrogen) atoms. The summed E-state index contributed by atoms with van der Waals surface area (Å²) < 4.78 is 13.3. The number of nitrogens with zero attached hydrogens (tertiary/aromatic N) is 5. The first-order chi connectivity index (χ1) is 12.5. The number of hydrogen-bond acceptors (Lipinski definition) is 7. The molecule has 3 rings (SSSR count). The molecule has 2 heterocycles. The minimum atomic E-state index is -0.283. The maximum Gasteiger partial charge on any atom is 0.232 e. The predicted octanol–water partition coefficient (Wildman–Crippen LogP) is 2.38. The Balaban J connectivity index is 1.90. The van der Waals surface area contributed by atoms with Crippen molar-refractivity contribution in [2.24, 2.45) is 0 Å². The number of hydrogen-bond donors (Lipinski definition) is 2. The Bertz CT molecular complexity index is 835. The zero-order valence-electron chi connectivity index (χ0n) is 14.4. The van der Waals surface area contributed by atoms with E-state index in [1.807, 2.05) is 30.0 Å². The number of nitrogens with two attached hydrogens (primary N) is 2. The van der Waals surface area contributed by atoms with Gasteiger partial charge in [0.1, 0.15) is 5.82 Å². The fraction of sp³-hybridized carbons (Fsp3) is 0.222. The van der Waals surface area contributed by atoms with E-state index in [9.17, 15) is 4.39 Å². The molecule has 0 saturated carbocycles. The summed E-state index contributed by atoms with van der Waals surface area (Å²) in [5.41, 5.74) is 13.3. The van der Waals surface area contributed by atoms with Gasteiger partial charge in [0.05, 0.1) is 6.04 Å². The number of aromatic nitrogens is 4. The van der Waals surface area contributed by atoms with Crippen molar-refractivity contribution in [3.8, 4) is 0 Å². The Morgan fingerprint density at radius 3 is 2.31 bits per heavy atom. The van der Waals surface area contributed by atoms with Gasteiger partial charge in [-0.3, -0.25) is 4.98 Å². The van der Waals surface area contributed by atoms with Crippen molar-refractivity contribution in [2.45, 2.75) is 19.4 Å². The molecule has 0 aliphatic heterocycles. The van der Waals surface area contributed by atoms with Gasteiger partial charge in [-0.15, -0.1) is 0 Å². The second-order valence-electron chi connectivity index (χ2n) is 5.84. The number of pyridine rings is 1. The van der Waals surface area contributed by atoms with E-state index in [0.29, 0.717) is 18.9 Å². The second-order valence-corrected chi connectivity index (χ2v) is 5.84. The van der Waals surface area contributed by atoms with E-state index in [4.69, 9.17) is 11.5 Å². The Kier molecular flexibility index (Phi) is 5.21. The first-order valence-corrected chi connectivity index (χ1v) is 8.22. The number of anilines is 3. The monoisotopic (exact) mass is 353 g/mol. The van der Waals surface area contributed by atoms with Crippen LogP contribution in [0.5, 0.6) is 0 Å². The van der Waals surface area contributed by atoms with Crippen LogP contribution in [0, 0.1) is 5.82 Å². The largest absolute Gasteiger partial charge is 0.368 e. The van der Waals surface area contributed by atoms with Crippen LogP contribution in [0.1, 0.15) is 24.2 Å². The zero-order valence-corrected chi connectivity index (χ0v) is 14.4. The van der Waals surface area contributed by atoms with Crippen molar-refractivity contribution in [3.05, 3.63) is 65.7 Å². The Morgan fingerprint density at radius 1 is 1.00 bits per heavy atom. The lowest BCUT2D eigenvalue weighted by Gasteiger charge is -2.29. The summed E-state index contributed by atoms with van der Waals surface area (Å²) in [6, 6.07) is 12.0. The molecule has 0 unspecified atom stereocenters. The highest BCUT2D eigenvalue weighted by molar-refractivity contribution is 5.42. The summed E-state index contributed by atoms with van der Waals surface area (Å²) in [4.78, 5) is 18.6. The Hall–Kier alpha value is -3.29. The minimum absolute atomic E-state index is 0.0571. The van der Waals surface area contributed by atoms with Crippen LogP contribution < -0.4 is 16.4 Å². The van der Waals surface area contributed by atoms with Gasteiger partial charge in [-0.05, 0) is 36.8 Å². The molecule has 2 aromatic heterocycles. The SMILES string of the molecule is C[C@@H](c1ccc(F)cc1)N(CCc1ccccn1)c1nc(N)nc(N)n1. The molecule has 0 fully saturated rings. The molecule has 8 heteroatoms. The zero-order chi connectivity index (χ0) is 18.5. The molecular formula is C18H20FN7. The molecule has 7 nitrogen and oxygen atoms in total. The average Bonchev–Trinajstić information content (AvgIpc) is 2.62. The van der Waals surface area contributed by atoms with Crippen molar-refractivity contribution in [2.75, 3.05) is 22.9 Å². The molecule has 0 aliphatic rings. The highest BCUT2D eigenvalue weighted by Gasteiger charge is 2.20. The molecule has 0 spiro atoms. The van der Waals surface area contributed by atoms with E-state index in [1.165, 1.54) is 12.1 Å². The van der Waals surface area contributed by atoms with Gasteiger partial charge in [0.2, 0.25) is 17.8 Å². The van der Waals surface area contributed by atoms with E-state index in [2.05, 4.69) is 19.9 Å². The maximum atomic E-state index is 13.3. The summed E-state index contributed by atoms with van der Waals surface area (Å²) in [6.07, 6.45) is 2.43. The number of nitrogen functional groups attached to an aromatic ring is 2. The maximum absolute atomic E-state index is 13.3. The summed E-state index contributed by atoms with van der Waals surface area (Å²) in [5, 5.41) is 0. The molecule has 134 valence electrons. The van der Waals surface area contributed by atoms with Gasteiger partial charge in [-0.2, -0.15) is 15.0 Å². The van der Waals surface area contributed by atoms with Crippen LogP contribution in [-0.4, -0.2) is 26.5 Å². The van der Waals surface area contributed by atoms with Crippen LogP contribution in [0.3, 0.4) is 0 Å². The Morgan fingerprint density at radius 2 is 1.69 bits per heavy atom. The number of halogens is 1. The number of benzene rings is 1. The van der Waals surface area contributed by atoms with E-state index < -0.39 is 0 Å². The lowest BCUT2D eigenvalue weighted by Crippen LogP contribution is -2.31. The average molecular weight is 353 g/mol. The van der Waals surface area contributed by atoms with Gasteiger partial charge in [0.25, 0.3) is 0 Å². The van der Waals surface area contributed by atoms with Crippen LogP contribution in [0.15, 0.2) is 48.7 Å². The fourth-order valence-corrected chi connectivity index (χ4v) is 2.69. The molecule has 0 aliphatic carbocycles. The molecular weight excluding hydrogens is 333 g/mol. The predicted molar refractivity (Wildman–Crippen MR) is 98.8 cm³/mol. The van der Waals surface area contributed by atoms with E-state index in [0.717, 1.165) is 11.3 Å². The van der Waals surface area contributed by atoms with Crippen molar-refractivity contribution in [1.82, 2.24) is 19.9 Å². The topological polar surface area (TPSA) is 107 Å². The van der Waals surface area contributed by atoms with Crippen LogP contribution in [-0.2, 0) is 6.42 Å². The molecule has 0 amide bonds. The van der Waals surface area contributed by atoms with Gasteiger partial charge >= 0.3 is 0 Å².